The molecule has 0 radical (unpaired) electrons. The third kappa shape index (κ3) is 8.01. The van der Waals surface area contributed by atoms with Crippen LogP contribution < -0.4 is 20.9 Å². The van der Waals surface area contributed by atoms with Gasteiger partial charge >= 0.3 is 5.69 Å². The summed E-state index contributed by atoms with van der Waals surface area (Å²) < 4.78 is 18.5. The molecule has 0 amide bonds. The van der Waals surface area contributed by atoms with Crippen LogP contribution in [0, 0.1) is 5.41 Å². The lowest BCUT2D eigenvalue weighted by molar-refractivity contribution is -0.134. The van der Waals surface area contributed by atoms with E-state index in [0.29, 0.717) is 42.5 Å². The first-order valence-electron chi connectivity index (χ1n) is 13.3. The third-order valence-corrected chi connectivity index (χ3v) is 6.42. The van der Waals surface area contributed by atoms with Crippen LogP contribution in [0.2, 0.25) is 0 Å². The van der Waals surface area contributed by atoms with Gasteiger partial charge in [0.05, 0.1) is 20.3 Å². The van der Waals surface area contributed by atoms with Gasteiger partial charge in [0, 0.05) is 49.7 Å². The molecule has 0 aliphatic carbocycles. The number of aromatic nitrogens is 5. The van der Waals surface area contributed by atoms with Crippen molar-refractivity contribution in [2.45, 2.75) is 38.2 Å². The molecular weight excluding hydrogens is 542 g/mol. The summed E-state index contributed by atoms with van der Waals surface area (Å²) in [6, 6.07) is 14.9. The van der Waals surface area contributed by atoms with E-state index in [9.17, 15) is 4.79 Å². The van der Waals surface area contributed by atoms with Crippen molar-refractivity contribution in [1.29, 1.82) is 5.41 Å². The van der Waals surface area contributed by atoms with Crippen molar-refractivity contribution >= 4 is 11.8 Å². The number of H-pyrrole nitrogens is 1. The van der Waals surface area contributed by atoms with Crippen LogP contribution in [-0.2, 0) is 16.0 Å². The lowest BCUT2D eigenvalue weighted by Crippen LogP contribution is -2.26. The van der Waals surface area contributed by atoms with Gasteiger partial charge in [0.1, 0.15) is 29.3 Å². The fourth-order valence-corrected chi connectivity index (χ4v) is 4.43. The second-order valence-corrected chi connectivity index (χ2v) is 9.53. The van der Waals surface area contributed by atoms with Crippen molar-refractivity contribution in [1.82, 2.24) is 24.7 Å². The molecule has 2 aromatic carbocycles. The zero-order valence-corrected chi connectivity index (χ0v) is 23.3. The highest BCUT2D eigenvalue weighted by Gasteiger charge is 2.24. The molecule has 42 heavy (non-hydrogen) atoms. The monoisotopic (exact) mass is 575 g/mol. The van der Waals surface area contributed by atoms with E-state index in [4.69, 9.17) is 35.3 Å². The zero-order chi connectivity index (χ0) is 30.1. The molecule has 1 aliphatic heterocycles. The maximum absolute atomic E-state index is 12.9. The molecule has 1 unspecified atom stereocenters. The van der Waals surface area contributed by atoms with Crippen LogP contribution in [-0.4, -0.2) is 68.1 Å². The van der Waals surface area contributed by atoms with Crippen molar-refractivity contribution < 1.29 is 24.1 Å². The van der Waals surface area contributed by atoms with E-state index >= 15 is 0 Å². The van der Waals surface area contributed by atoms with Gasteiger partial charge in [-0.2, -0.15) is 0 Å². The number of nitrogens with one attached hydrogen (secondary N) is 2. The Morgan fingerprint density at radius 1 is 1.17 bits per heavy atom. The first-order chi connectivity index (χ1) is 20.2. The van der Waals surface area contributed by atoms with Gasteiger partial charge in [-0.3, -0.25) is 15.2 Å². The van der Waals surface area contributed by atoms with Gasteiger partial charge in [0.25, 0.3) is 11.9 Å². The van der Waals surface area contributed by atoms with Crippen LogP contribution in [0.15, 0.2) is 65.7 Å². The van der Waals surface area contributed by atoms with E-state index in [0.717, 1.165) is 35.6 Å². The normalized spacial score (nSPS) is 13.9. The van der Waals surface area contributed by atoms with Gasteiger partial charge in [-0.1, -0.05) is 24.3 Å². The Kier molecular flexibility index (Phi) is 10.0. The summed E-state index contributed by atoms with van der Waals surface area (Å²) in [5.41, 5.74) is 7.66. The molecular formula is C29H33N7O6. The number of aliphatic carboxylic acids is 1. The number of methoxy groups -OCH3 is 1. The first-order valence-corrected chi connectivity index (χ1v) is 13.3. The number of hydrogen-bond acceptors (Lipinski definition) is 9. The summed E-state index contributed by atoms with van der Waals surface area (Å²) >= 11 is 0. The number of carboxylic acid groups (broad SMARTS) is 1. The largest absolute Gasteiger partial charge is 0.497 e. The number of hydrogen-bond donors (Lipinski definition) is 4. The van der Waals surface area contributed by atoms with E-state index in [1.165, 1.54) is 0 Å². The molecule has 1 saturated heterocycles. The highest BCUT2D eigenvalue weighted by atomic mass is 16.5. The van der Waals surface area contributed by atoms with Gasteiger partial charge in [-0.25, -0.2) is 14.8 Å². The van der Waals surface area contributed by atoms with Gasteiger partial charge in [0.15, 0.2) is 0 Å². The third-order valence-electron chi connectivity index (χ3n) is 6.42. The molecule has 0 spiro atoms. The van der Waals surface area contributed by atoms with E-state index < -0.39 is 11.7 Å². The lowest BCUT2D eigenvalue weighted by atomic mass is 9.90. The number of carbonyl (C=O) groups is 1. The standard InChI is InChI=1S/C27H29N7O4.C2H4O2/c1-36-21-14-19(15-22(16-21)38-20-7-11-37-12-8-20)23(13-17-3-5-18(6-4-17)24(28)29)25-32-27(35)34(33-25)26-30-9-2-10-31-26;1-2(3)4/h2-6,9-10,14-16,20,23H,7-8,11-13H2,1H3,(H3,28,29)(H,32,33,35);1H3,(H,3,4). The van der Waals surface area contributed by atoms with Crippen molar-refractivity contribution in [3.63, 3.8) is 0 Å². The smallest absolute Gasteiger partial charge is 0.350 e. The fourth-order valence-electron chi connectivity index (χ4n) is 4.43. The Hall–Kier alpha value is -5.04. The zero-order valence-electron chi connectivity index (χ0n) is 23.3. The second-order valence-electron chi connectivity index (χ2n) is 9.53. The number of nitrogens with zero attached hydrogens (tertiary/aromatic N) is 4. The summed E-state index contributed by atoms with van der Waals surface area (Å²) in [7, 11) is 1.61. The number of nitrogens with two attached hydrogens (primary N) is 1. The fraction of sp³-hybridized carbons (Fsp3) is 0.310. The number of amidine groups is 1. The molecule has 13 heteroatoms. The maximum atomic E-state index is 12.9. The van der Waals surface area contributed by atoms with E-state index in [2.05, 4.69) is 20.1 Å². The van der Waals surface area contributed by atoms with Crippen molar-refractivity contribution in [2.24, 2.45) is 5.73 Å². The first kappa shape index (κ1) is 29.9. The van der Waals surface area contributed by atoms with Gasteiger partial charge in [-0.15, -0.1) is 9.78 Å². The Balaban J connectivity index is 0.000000952. The summed E-state index contributed by atoms with van der Waals surface area (Å²) in [6.45, 7) is 2.42. The van der Waals surface area contributed by atoms with E-state index in [1.807, 2.05) is 30.3 Å². The number of ether oxygens (including phenoxy) is 3. The molecule has 220 valence electrons. The van der Waals surface area contributed by atoms with Crippen LogP contribution in [0.1, 0.15) is 48.2 Å². The van der Waals surface area contributed by atoms with Crippen molar-refractivity contribution in [3.05, 3.63) is 93.9 Å². The topological polar surface area (TPSA) is 191 Å². The van der Waals surface area contributed by atoms with Gasteiger partial charge < -0.3 is 25.1 Å². The maximum Gasteiger partial charge on any atom is 0.350 e. The van der Waals surface area contributed by atoms with Crippen LogP contribution >= 0.6 is 0 Å². The predicted molar refractivity (Wildman–Crippen MR) is 154 cm³/mol. The minimum atomic E-state index is -0.833. The lowest BCUT2D eigenvalue weighted by Gasteiger charge is -2.24. The minimum absolute atomic E-state index is 0.00160. The molecule has 13 nitrogen and oxygen atoms in total. The molecule has 5 N–H and O–H groups in total. The molecule has 2 aromatic heterocycles. The Bertz CT molecular complexity index is 1540. The summed E-state index contributed by atoms with van der Waals surface area (Å²) in [4.78, 5) is 33.1. The predicted octanol–water partition coefficient (Wildman–Crippen LogP) is 2.67. The molecule has 1 atom stereocenters. The Labute approximate surface area is 241 Å². The quantitative estimate of drug-likeness (QED) is 0.170. The number of benzene rings is 2. The molecule has 1 fully saturated rings. The highest BCUT2D eigenvalue weighted by Crippen LogP contribution is 2.33. The minimum Gasteiger partial charge on any atom is -0.497 e. The summed E-state index contributed by atoms with van der Waals surface area (Å²) in [5.74, 6) is 0.748. The molecule has 0 bridgehead atoms. The van der Waals surface area contributed by atoms with Crippen molar-refractivity contribution in [3.8, 4) is 17.4 Å². The Morgan fingerprint density at radius 2 is 1.81 bits per heavy atom. The van der Waals surface area contributed by atoms with Crippen molar-refractivity contribution in [2.75, 3.05) is 20.3 Å². The van der Waals surface area contributed by atoms with Gasteiger partial charge in [-0.05, 0) is 35.7 Å². The second kappa shape index (κ2) is 14.0. The number of aromatic amines is 1. The molecule has 1 aliphatic rings. The molecule has 3 heterocycles. The molecule has 4 aromatic rings. The molecule has 0 saturated carbocycles. The number of nitrogen functional groups attached to an aromatic ring is 1. The SMILES string of the molecule is CC(=O)O.COc1cc(OC2CCOCC2)cc(C(Cc2ccc(C(=N)N)cc2)c2nn(-c3ncccn3)c(=O)[nH]2)c1. The number of carboxylic acids is 1. The average molecular weight is 576 g/mol. The van der Waals surface area contributed by atoms with E-state index in [1.54, 1.807) is 37.7 Å². The van der Waals surface area contributed by atoms with Crippen LogP contribution in [0.3, 0.4) is 0 Å². The number of rotatable bonds is 9. The van der Waals surface area contributed by atoms with Gasteiger partial charge in [0.2, 0.25) is 0 Å². The van der Waals surface area contributed by atoms with E-state index in [-0.39, 0.29) is 23.8 Å². The van der Waals surface area contributed by atoms with Crippen LogP contribution in [0.4, 0.5) is 0 Å². The molecule has 5 rings (SSSR count). The Morgan fingerprint density at radius 3 is 2.43 bits per heavy atom. The highest BCUT2D eigenvalue weighted by molar-refractivity contribution is 5.94. The average Bonchev–Trinajstić information content (AvgIpc) is 3.37. The summed E-state index contributed by atoms with van der Waals surface area (Å²) in [6.07, 6.45) is 5.29. The summed E-state index contributed by atoms with van der Waals surface area (Å²) in [5, 5.41) is 19.7. The van der Waals surface area contributed by atoms with Crippen LogP contribution in [0.25, 0.3) is 5.95 Å². The van der Waals surface area contributed by atoms with Crippen LogP contribution in [0.5, 0.6) is 11.5 Å².